The topological polar surface area (TPSA) is 74.3 Å². The molecule has 1 fully saturated rings. The van der Waals surface area contributed by atoms with E-state index in [4.69, 9.17) is 9.68 Å². The molecule has 106 valence electrons. The second-order valence-electron chi connectivity index (χ2n) is 5.11. The number of carbonyl (C=O) groups excluding carboxylic acids is 1. The molecule has 1 amide bonds. The van der Waals surface area contributed by atoms with Crippen molar-refractivity contribution in [3.05, 3.63) is 46.3 Å². The van der Waals surface area contributed by atoms with Crippen LogP contribution in [0.3, 0.4) is 0 Å². The average molecular weight is 282 g/mol. The number of hydrogen-bond acceptors (Lipinski definition) is 4. The van der Waals surface area contributed by atoms with E-state index in [-0.39, 0.29) is 29.6 Å². The van der Waals surface area contributed by atoms with E-state index in [0.29, 0.717) is 17.5 Å². The van der Waals surface area contributed by atoms with E-state index in [1.165, 1.54) is 6.07 Å². The van der Waals surface area contributed by atoms with Crippen LogP contribution in [0.15, 0.2) is 39.5 Å². The molecule has 0 spiro atoms. The maximum Gasteiger partial charge on any atom is 0.290 e. The number of benzene rings is 1. The Morgan fingerprint density at radius 1 is 1.38 bits per heavy atom. The number of amides is 1. The Balaban J connectivity index is 1.97. The van der Waals surface area contributed by atoms with Crippen molar-refractivity contribution in [3.63, 3.8) is 0 Å². The minimum absolute atomic E-state index is 0.0449. The van der Waals surface area contributed by atoms with E-state index >= 15 is 0 Å². The molecule has 1 aromatic heterocycles. The van der Waals surface area contributed by atoms with Crippen molar-refractivity contribution >= 4 is 16.9 Å². The molecule has 0 radical (unpaired) electrons. The van der Waals surface area contributed by atoms with Crippen LogP contribution in [-0.4, -0.2) is 23.4 Å². The predicted octanol–water partition coefficient (Wildman–Crippen LogP) is 2.31. The van der Waals surface area contributed by atoms with Crippen molar-refractivity contribution in [3.8, 4) is 6.07 Å². The molecule has 0 aliphatic heterocycles. The van der Waals surface area contributed by atoms with Gasteiger partial charge in [0.15, 0.2) is 11.2 Å². The Kier molecular flexibility index (Phi) is 3.44. The smallest absolute Gasteiger partial charge is 0.290 e. The molecule has 1 aliphatic rings. The number of fused-ring (bicyclic) bond motifs is 1. The molecule has 0 N–H and O–H groups in total. The third kappa shape index (κ3) is 2.65. The highest BCUT2D eigenvalue weighted by atomic mass is 16.3. The lowest BCUT2D eigenvalue weighted by Crippen LogP contribution is -2.34. The molecule has 3 rings (SSSR count). The van der Waals surface area contributed by atoms with Gasteiger partial charge in [-0.25, -0.2) is 0 Å². The SMILES string of the molecule is N#CCCN(C(=O)c1cc(=O)c2ccccc2o1)C1CC1. The van der Waals surface area contributed by atoms with E-state index in [1.807, 2.05) is 6.07 Å². The number of hydrogen-bond donors (Lipinski definition) is 0. The fourth-order valence-corrected chi connectivity index (χ4v) is 2.36. The van der Waals surface area contributed by atoms with Crippen molar-refractivity contribution in [1.82, 2.24) is 4.90 Å². The Hall–Kier alpha value is -2.61. The van der Waals surface area contributed by atoms with Gasteiger partial charge in [0.05, 0.1) is 17.9 Å². The first-order valence-electron chi connectivity index (χ1n) is 6.91. The Morgan fingerprint density at radius 3 is 2.86 bits per heavy atom. The summed E-state index contributed by atoms with van der Waals surface area (Å²) in [6, 6.07) is 10.3. The Labute approximate surface area is 121 Å². The lowest BCUT2D eigenvalue weighted by atomic mass is 10.2. The fourth-order valence-electron chi connectivity index (χ4n) is 2.36. The van der Waals surface area contributed by atoms with Gasteiger partial charge in [-0.15, -0.1) is 0 Å². The minimum Gasteiger partial charge on any atom is -0.451 e. The van der Waals surface area contributed by atoms with Crippen LogP contribution in [0.4, 0.5) is 0 Å². The molecule has 0 unspecified atom stereocenters. The highest BCUT2D eigenvalue weighted by molar-refractivity contribution is 5.93. The largest absolute Gasteiger partial charge is 0.451 e. The number of nitrogens with zero attached hydrogens (tertiary/aromatic N) is 2. The zero-order chi connectivity index (χ0) is 14.8. The fraction of sp³-hybridized carbons (Fsp3) is 0.312. The quantitative estimate of drug-likeness (QED) is 0.862. The van der Waals surface area contributed by atoms with Gasteiger partial charge in [-0.05, 0) is 25.0 Å². The molecule has 1 aromatic carbocycles. The van der Waals surface area contributed by atoms with Crippen LogP contribution in [0.2, 0.25) is 0 Å². The summed E-state index contributed by atoms with van der Waals surface area (Å²) < 4.78 is 5.57. The summed E-state index contributed by atoms with van der Waals surface area (Å²) in [5.41, 5.74) is 0.181. The second kappa shape index (κ2) is 5.41. The van der Waals surface area contributed by atoms with Gasteiger partial charge in [-0.1, -0.05) is 12.1 Å². The predicted molar refractivity (Wildman–Crippen MR) is 76.8 cm³/mol. The van der Waals surface area contributed by atoms with Crippen molar-refractivity contribution in [2.24, 2.45) is 0 Å². The molecule has 5 heteroatoms. The molecule has 1 aliphatic carbocycles. The van der Waals surface area contributed by atoms with Gasteiger partial charge in [0.25, 0.3) is 5.91 Å². The molecule has 2 aromatic rings. The first-order valence-corrected chi connectivity index (χ1v) is 6.91. The maximum absolute atomic E-state index is 12.5. The summed E-state index contributed by atoms with van der Waals surface area (Å²) in [5, 5.41) is 9.16. The van der Waals surface area contributed by atoms with Crippen molar-refractivity contribution < 1.29 is 9.21 Å². The highest BCUT2D eigenvalue weighted by Crippen LogP contribution is 2.28. The van der Waals surface area contributed by atoms with Crippen LogP contribution < -0.4 is 5.43 Å². The number of rotatable bonds is 4. The Bertz CT molecular complexity index is 784. The summed E-state index contributed by atoms with van der Waals surface area (Å²) in [6.45, 7) is 0.372. The number of para-hydroxylation sites is 1. The summed E-state index contributed by atoms with van der Waals surface area (Å²) in [7, 11) is 0. The lowest BCUT2D eigenvalue weighted by molar-refractivity contribution is 0.0715. The molecule has 0 bridgehead atoms. The van der Waals surface area contributed by atoms with E-state index < -0.39 is 0 Å². The second-order valence-corrected chi connectivity index (χ2v) is 5.11. The normalized spacial score (nSPS) is 13.9. The van der Waals surface area contributed by atoms with Gasteiger partial charge in [0, 0.05) is 18.7 Å². The van der Waals surface area contributed by atoms with E-state index in [2.05, 4.69) is 0 Å². The van der Waals surface area contributed by atoms with Crippen LogP contribution in [0.5, 0.6) is 0 Å². The Morgan fingerprint density at radius 2 is 2.14 bits per heavy atom. The first kappa shape index (κ1) is 13.4. The van der Waals surface area contributed by atoms with Crippen LogP contribution >= 0.6 is 0 Å². The lowest BCUT2D eigenvalue weighted by Gasteiger charge is -2.20. The molecule has 1 heterocycles. The number of nitriles is 1. The summed E-state index contributed by atoms with van der Waals surface area (Å²) in [6.07, 6.45) is 2.16. The standard InChI is InChI=1S/C16H14N2O3/c17-8-3-9-18(11-6-7-11)16(20)15-10-13(19)12-4-1-2-5-14(12)21-15/h1-2,4-5,10-11H,3,6-7,9H2. The van der Waals surface area contributed by atoms with E-state index in [9.17, 15) is 9.59 Å². The number of carbonyl (C=O) groups is 1. The summed E-state index contributed by atoms with van der Waals surface area (Å²) in [4.78, 5) is 26.2. The van der Waals surface area contributed by atoms with Crippen molar-refractivity contribution in [2.75, 3.05) is 6.54 Å². The monoisotopic (exact) mass is 282 g/mol. The van der Waals surface area contributed by atoms with Crippen molar-refractivity contribution in [1.29, 1.82) is 5.26 Å². The van der Waals surface area contributed by atoms with Gasteiger partial charge < -0.3 is 9.32 Å². The molecule has 1 saturated carbocycles. The zero-order valence-electron chi connectivity index (χ0n) is 11.4. The van der Waals surface area contributed by atoms with Gasteiger partial charge in [0.1, 0.15) is 5.58 Å². The highest BCUT2D eigenvalue weighted by Gasteiger charge is 2.33. The maximum atomic E-state index is 12.5. The summed E-state index contributed by atoms with van der Waals surface area (Å²) >= 11 is 0. The average Bonchev–Trinajstić information content (AvgIpc) is 3.32. The van der Waals surface area contributed by atoms with Gasteiger partial charge in [-0.3, -0.25) is 9.59 Å². The first-order chi connectivity index (χ1) is 10.2. The molecule has 5 nitrogen and oxygen atoms in total. The third-order valence-corrected chi connectivity index (χ3v) is 3.56. The van der Waals surface area contributed by atoms with E-state index in [1.54, 1.807) is 29.2 Å². The third-order valence-electron chi connectivity index (χ3n) is 3.56. The molecule has 0 saturated heterocycles. The van der Waals surface area contributed by atoms with Gasteiger partial charge in [-0.2, -0.15) is 5.26 Å². The summed E-state index contributed by atoms with van der Waals surface area (Å²) in [5.74, 6) is -0.265. The van der Waals surface area contributed by atoms with Gasteiger partial charge >= 0.3 is 0 Å². The molecular formula is C16H14N2O3. The van der Waals surface area contributed by atoms with E-state index in [0.717, 1.165) is 12.8 Å². The van der Waals surface area contributed by atoms with Crippen LogP contribution in [0, 0.1) is 11.3 Å². The zero-order valence-corrected chi connectivity index (χ0v) is 11.4. The molecular weight excluding hydrogens is 268 g/mol. The van der Waals surface area contributed by atoms with Crippen LogP contribution in [0.25, 0.3) is 11.0 Å². The molecule has 0 atom stereocenters. The minimum atomic E-state index is -0.310. The van der Waals surface area contributed by atoms with Gasteiger partial charge in [0.2, 0.25) is 0 Å². The van der Waals surface area contributed by atoms with Crippen LogP contribution in [0.1, 0.15) is 29.8 Å². The van der Waals surface area contributed by atoms with Crippen LogP contribution in [-0.2, 0) is 0 Å². The van der Waals surface area contributed by atoms with Crippen molar-refractivity contribution in [2.45, 2.75) is 25.3 Å². The molecule has 21 heavy (non-hydrogen) atoms.